The lowest BCUT2D eigenvalue weighted by Gasteiger charge is -2.06. The predicted molar refractivity (Wildman–Crippen MR) is 69.1 cm³/mol. The van der Waals surface area contributed by atoms with Gasteiger partial charge >= 0.3 is 0 Å². The van der Waals surface area contributed by atoms with E-state index in [1.807, 2.05) is 0 Å². The summed E-state index contributed by atoms with van der Waals surface area (Å²) in [6.07, 6.45) is 3.10. The lowest BCUT2D eigenvalue weighted by molar-refractivity contribution is 0.180. The van der Waals surface area contributed by atoms with E-state index in [9.17, 15) is 0 Å². The molecule has 0 aliphatic heterocycles. The molecule has 0 saturated carbocycles. The molecule has 0 aliphatic carbocycles. The van der Waals surface area contributed by atoms with E-state index in [4.69, 9.17) is 16.3 Å². The van der Waals surface area contributed by atoms with Crippen molar-refractivity contribution in [2.75, 3.05) is 7.11 Å². The molecule has 0 bridgehead atoms. The summed E-state index contributed by atoms with van der Waals surface area (Å²) < 4.78 is 5.95. The van der Waals surface area contributed by atoms with Gasteiger partial charge in [0.05, 0.1) is 15.9 Å². The van der Waals surface area contributed by atoms with Crippen molar-refractivity contribution in [1.29, 1.82) is 0 Å². The van der Waals surface area contributed by atoms with E-state index in [-0.39, 0.29) is 0 Å². The van der Waals surface area contributed by atoms with Gasteiger partial charge in [-0.2, -0.15) is 0 Å². The van der Waals surface area contributed by atoms with Crippen LogP contribution in [0, 0.1) is 3.57 Å². The summed E-state index contributed by atoms with van der Waals surface area (Å²) >= 11 is 8.17. The van der Waals surface area contributed by atoms with Crippen molar-refractivity contribution in [3.63, 3.8) is 0 Å². The lowest BCUT2D eigenvalue weighted by atomic mass is 10.2. The number of nitrogens with zero attached hydrogens (tertiary/aromatic N) is 2. The van der Waals surface area contributed by atoms with Crippen molar-refractivity contribution in [2.24, 2.45) is 0 Å². The molecule has 1 aromatic rings. The number of halogens is 2. The first-order chi connectivity index (χ1) is 7.19. The van der Waals surface area contributed by atoms with E-state index in [1.165, 1.54) is 0 Å². The molecule has 0 amide bonds. The Hall–Kier alpha value is 0.0600. The third kappa shape index (κ3) is 3.85. The lowest BCUT2D eigenvalue weighted by Crippen LogP contribution is -2.04. The number of hydrogen-bond donors (Lipinski definition) is 0. The van der Waals surface area contributed by atoms with Crippen molar-refractivity contribution in [2.45, 2.75) is 32.8 Å². The van der Waals surface area contributed by atoms with Crippen LogP contribution in [-0.4, -0.2) is 17.1 Å². The highest BCUT2D eigenvalue weighted by atomic mass is 127. The fourth-order valence-corrected chi connectivity index (χ4v) is 1.79. The van der Waals surface area contributed by atoms with Crippen molar-refractivity contribution in [1.82, 2.24) is 9.97 Å². The number of methoxy groups -OCH3 is 1. The third-order valence-electron chi connectivity index (χ3n) is 1.96. The molecule has 0 saturated heterocycles. The van der Waals surface area contributed by atoms with Gasteiger partial charge in [-0.3, -0.25) is 0 Å². The van der Waals surface area contributed by atoms with Crippen LogP contribution in [0.1, 0.15) is 31.3 Å². The molecule has 1 heterocycles. The molecule has 1 aromatic heterocycles. The Morgan fingerprint density at radius 1 is 1.40 bits per heavy atom. The Kier molecular flexibility index (Phi) is 5.78. The van der Waals surface area contributed by atoms with E-state index < -0.39 is 0 Å². The minimum absolute atomic E-state index is 0.486. The normalized spacial score (nSPS) is 10.7. The van der Waals surface area contributed by atoms with E-state index in [0.29, 0.717) is 11.8 Å². The summed E-state index contributed by atoms with van der Waals surface area (Å²) in [5.41, 5.74) is 0.879. The fraction of sp³-hybridized carbons (Fsp3) is 0.600. The highest BCUT2D eigenvalue weighted by molar-refractivity contribution is 14.1. The van der Waals surface area contributed by atoms with Gasteiger partial charge in [-0.25, -0.2) is 9.97 Å². The third-order valence-corrected chi connectivity index (χ3v) is 3.69. The molecule has 1 rings (SSSR count). The summed E-state index contributed by atoms with van der Waals surface area (Å²) in [4.78, 5) is 8.68. The quantitative estimate of drug-likeness (QED) is 0.610. The first-order valence-corrected chi connectivity index (χ1v) is 6.34. The van der Waals surface area contributed by atoms with Crippen molar-refractivity contribution in [3.05, 3.63) is 20.2 Å². The van der Waals surface area contributed by atoms with Gasteiger partial charge in [-0.05, 0) is 29.0 Å². The van der Waals surface area contributed by atoms with Crippen LogP contribution >= 0.6 is 34.2 Å². The van der Waals surface area contributed by atoms with Crippen LogP contribution in [0.2, 0.25) is 5.15 Å². The molecular formula is C10H14ClIN2O. The summed E-state index contributed by atoms with van der Waals surface area (Å²) in [6.45, 7) is 2.63. The van der Waals surface area contributed by atoms with Crippen LogP contribution in [0.5, 0.6) is 0 Å². The maximum atomic E-state index is 6.02. The number of aromatic nitrogens is 2. The molecule has 84 valence electrons. The maximum absolute atomic E-state index is 6.02. The minimum Gasteiger partial charge on any atom is -0.378 e. The van der Waals surface area contributed by atoms with Crippen LogP contribution in [0.4, 0.5) is 0 Å². The van der Waals surface area contributed by atoms with Crippen molar-refractivity contribution in [3.8, 4) is 0 Å². The largest absolute Gasteiger partial charge is 0.378 e. The maximum Gasteiger partial charge on any atom is 0.146 e. The van der Waals surface area contributed by atoms with Gasteiger partial charge in [0.25, 0.3) is 0 Å². The van der Waals surface area contributed by atoms with Gasteiger partial charge in [-0.15, -0.1) is 0 Å². The first kappa shape index (κ1) is 13.1. The standard InChI is InChI=1S/C10H14ClIN2O/c1-3-4-5-8-13-7(6-15-2)9(12)10(11)14-8/h3-6H2,1-2H3. The highest BCUT2D eigenvalue weighted by Gasteiger charge is 2.09. The monoisotopic (exact) mass is 340 g/mol. The number of hydrogen-bond acceptors (Lipinski definition) is 3. The molecule has 0 fully saturated rings. The average molecular weight is 341 g/mol. The second kappa shape index (κ2) is 6.60. The van der Waals surface area contributed by atoms with E-state index in [0.717, 1.165) is 34.4 Å². The molecule has 0 atom stereocenters. The highest BCUT2D eigenvalue weighted by Crippen LogP contribution is 2.20. The fourth-order valence-electron chi connectivity index (χ4n) is 1.19. The number of aryl methyl sites for hydroxylation is 1. The molecule has 0 spiro atoms. The Labute approximate surface area is 109 Å². The van der Waals surface area contributed by atoms with Crippen LogP contribution in [0.25, 0.3) is 0 Å². The SMILES string of the molecule is CCCCc1nc(Cl)c(I)c(COC)n1. The Bertz CT molecular complexity index is 333. The Morgan fingerprint density at radius 2 is 2.13 bits per heavy atom. The second-order valence-corrected chi connectivity index (χ2v) is 4.66. The molecule has 3 nitrogen and oxygen atoms in total. The van der Waals surface area contributed by atoms with Crippen LogP contribution in [0.15, 0.2) is 0 Å². The predicted octanol–water partition coefficient (Wildman–Crippen LogP) is 3.22. The summed E-state index contributed by atoms with van der Waals surface area (Å²) in [7, 11) is 1.65. The zero-order valence-electron chi connectivity index (χ0n) is 8.89. The summed E-state index contributed by atoms with van der Waals surface area (Å²) in [6, 6.07) is 0. The minimum atomic E-state index is 0.486. The zero-order chi connectivity index (χ0) is 11.3. The molecule has 0 N–H and O–H groups in total. The van der Waals surface area contributed by atoms with Crippen LogP contribution in [-0.2, 0) is 17.8 Å². The molecule has 15 heavy (non-hydrogen) atoms. The molecule has 0 radical (unpaired) electrons. The van der Waals surface area contributed by atoms with Gasteiger partial charge < -0.3 is 4.74 Å². The molecule has 0 aromatic carbocycles. The summed E-state index contributed by atoms with van der Waals surface area (Å²) in [5, 5.41) is 0.531. The van der Waals surface area contributed by atoms with Gasteiger partial charge in [0, 0.05) is 13.5 Å². The zero-order valence-corrected chi connectivity index (χ0v) is 11.8. The van der Waals surface area contributed by atoms with Gasteiger partial charge in [-0.1, -0.05) is 24.9 Å². The Balaban J connectivity index is 2.90. The van der Waals surface area contributed by atoms with Crippen molar-refractivity contribution < 1.29 is 4.74 Å². The second-order valence-electron chi connectivity index (χ2n) is 3.23. The van der Waals surface area contributed by atoms with Gasteiger partial charge in [0.2, 0.25) is 0 Å². The van der Waals surface area contributed by atoms with E-state index >= 15 is 0 Å². The molecule has 0 unspecified atom stereocenters. The van der Waals surface area contributed by atoms with E-state index in [1.54, 1.807) is 7.11 Å². The van der Waals surface area contributed by atoms with Gasteiger partial charge in [0.15, 0.2) is 0 Å². The van der Waals surface area contributed by atoms with E-state index in [2.05, 4.69) is 39.5 Å². The molecule has 5 heteroatoms. The van der Waals surface area contributed by atoms with Crippen LogP contribution in [0.3, 0.4) is 0 Å². The summed E-state index contributed by atoms with van der Waals surface area (Å²) in [5.74, 6) is 0.814. The topological polar surface area (TPSA) is 35.0 Å². The molecule has 0 aliphatic rings. The number of ether oxygens (including phenoxy) is 1. The number of unbranched alkanes of at least 4 members (excludes halogenated alkanes) is 1. The molecular weight excluding hydrogens is 326 g/mol. The first-order valence-electron chi connectivity index (χ1n) is 4.88. The van der Waals surface area contributed by atoms with Crippen molar-refractivity contribution >= 4 is 34.2 Å². The van der Waals surface area contributed by atoms with Gasteiger partial charge in [0.1, 0.15) is 11.0 Å². The average Bonchev–Trinajstić information content (AvgIpc) is 2.22. The van der Waals surface area contributed by atoms with Crippen LogP contribution < -0.4 is 0 Å². The number of rotatable bonds is 5. The smallest absolute Gasteiger partial charge is 0.146 e. The Morgan fingerprint density at radius 3 is 2.73 bits per heavy atom.